The molecule has 1 rings (SSSR count). The summed E-state index contributed by atoms with van der Waals surface area (Å²) in [5.41, 5.74) is 0. The Morgan fingerprint density at radius 3 is 2.50 bits per heavy atom. The first-order valence-corrected chi connectivity index (χ1v) is 7.03. The highest BCUT2D eigenvalue weighted by Gasteiger charge is 1.96. The van der Waals surface area contributed by atoms with E-state index in [1.807, 2.05) is 12.1 Å². The molecule has 0 saturated heterocycles. The first kappa shape index (κ1) is 13.7. The van der Waals surface area contributed by atoms with Gasteiger partial charge in [-0.25, -0.2) is 0 Å². The molecule has 0 saturated carbocycles. The number of halogens is 1. The Hall–Kier alpha value is -0.390. The number of aromatic nitrogens is 2. The summed E-state index contributed by atoms with van der Waals surface area (Å²) in [7, 11) is 0. The highest BCUT2D eigenvalue weighted by Crippen LogP contribution is 2.08. The summed E-state index contributed by atoms with van der Waals surface area (Å²) < 4.78 is 6.38. The maximum Gasteiger partial charge on any atom is 0.233 e. The fourth-order valence-electron chi connectivity index (χ4n) is 1.44. The summed E-state index contributed by atoms with van der Waals surface area (Å²) in [4.78, 5) is 0. The van der Waals surface area contributed by atoms with Crippen LogP contribution in [0.3, 0.4) is 0 Å². The van der Waals surface area contributed by atoms with Crippen molar-refractivity contribution in [1.82, 2.24) is 10.2 Å². The number of unbranched alkanes of at least 4 members (excludes halogenated alkanes) is 5. The molecule has 0 bridgehead atoms. The van der Waals surface area contributed by atoms with Crippen molar-refractivity contribution < 1.29 is 4.74 Å². The Kier molecular flexibility index (Phi) is 7.46. The molecule has 0 atom stereocenters. The first-order valence-electron chi connectivity index (χ1n) is 5.95. The van der Waals surface area contributed by atoms with Crippen molar-refractivity contribution in [2.24, 2.45) is 0 Å². The summed E-state index contributed by atoms with van der Waals surface area (Å²) in [5, 5.41) is 7.88. The minimum atomic E-state index is 0.633. The van der Waals surface area contributed by atoms with Gasteiger partial charge in [-0.05, 0) is 35.1 Å². The maximum absolute atomic E-state index is 5.49. The zero-order valence-corrected chi connectivity index (χ0v) is 11.9. The second-order valence-corrected chi connectivity index (χ2v) is 4.92. The van der Waals surface area contributed by atoms with Crippen molar-refractivity contribution >= 4 is 22.6 Å². The zero-order valence-electron chi connectivity index (χ0n) is 9.79. The molecule has 0 radical (unpaired) electrons. The van der Waals surface area contributed by atoms with Gasteiger partial charge in [0.05, 0.1) is 6.61 Å². The number of rotatable bonds is 8. The number of nitrogens with zero attached hydrogens (tertiary/aromatic N) is 2. The molecule has 4 heteroatoms. The van der Waals surface area contributed by atoms with Crippen LogP contribution in [0, 0.1) is 3.70 Å². The Bertz CT molecular complexity index is 277. The van der Waals surface area contributed by atoms with Crippen LogP contribution in [-0.4, -0.2) is 16.8 Å². The highest BCUT2D eigenvalue weighted by molar-refractivity contribution is 14.1. The average Bonchev–Trinajstić information content (AvgIpc) is 2.30. The minimum Gasteiger partial charge on any atom is -0.477 e. The van der Waals surface area contributed by atoms with E-state index in [1.165, 1.54) is 32.1 Å². The largest absolute Gasteiger partial charge is 0.477 e. The number of hydrogen-bond acceptors (Lipinski definition) is 3. The Balaban J connectivity index is 2.01. The molecular weight excluding hydrogens is 315 g/mol. The van der Waals surface area contributed by atoms with Gasteiger partial charge in [0, 0.05) is 6.07 Å². The monoisotopic (exact) mass is 334 g/mol. The van der Waals surface area contributed by atoms with Crippen molar-refractivity contribution in [2.75, 3.05) is 6.61 Å². The van der Waals surface area contributed by atoms with Crippen molar-refractivity contribution in [3.05, 3.63) is 15.8 Å². The maximum atomic E-state index is 5.49. The van der Waals surface area contributed by atoms with Crippen molar-refractivity contribution in [2.45, 2.75) is 45.4 Å². The van der Waals surface area contributed by atoms with Gasteiger partial charge >= 0.3 is 0 Å². The van der Waals surface area contributed by atoms with Crippen molar-refractivity contribution in [3.63, 3.8) is 0 Å². The predicted octanol–water partition coefficient (Wildman–Crippen LogP) is 3.82. The lowest BCUT2D eigenvalue weighted by atomic mass is 10.1. The van der Waals surface area contributed by atoms with Crippen LogP contribution in [0.4, 0.5) is 0 Å². The SMILES string of the molecule is CCCCCCCCOc1ccc(I)nn1. The standard InChI is InChI=1S/C12H19IN2O/c1-2-3-4-5-6-7-10-16-12-9-8-11(13)14-15-12/h8-9H,2-7,10H2,1H3. The topological polar surface area (TPSA) is 35.0 Å². The Morgan fingerprint density at radius 2 is 1.81 bits per heavy atom. The van der Waals surface area contributed by atoms with Gasteiger partial charge in [0.25, 0.3) is 0 Å². The third-order valence-corrected chi connectivity index (χ3v) is 2.93. The van der Waals surface area contributed by atoms with E-state index in [1.54, 1.807) is 0 Å². The molecule has 0 unspecified atom stereocenters. The van der Waals surface area contributed by atoms with Crippen LogP contribution < -0.4 is 4.74 Å². The van der Waals surface area contributed by atoms with Gasteiger partial charge < -0.3 is 4.74 Å². The molecule has 1 aromatic rings. The molecule has 3 nitrogen and oxygen atoms in total. The Morgan fingerprint density at radius 1 is 1.06 bits per heavy atom. The average molecular weight is 334 g/mol. The van der Waals surface area contributed by atoms with Gasteiger partial charge in [0.2, 0.25) is 5.88 Å². The molecule has 16 heavy (non-hydrogen) atoms. The second-order valence-electron chi connectivity index (χ2n) is 3.81. The molecule has 1 aromatic heterocycles. The van der Waals surface area contributed by atoms with Crippen LogP contribution in [0.25, 0.3) is 0 Å². The van der Waals surface area contributed by atoms with Gasteiger partial charge in [-0.3, -0.25) is 0 Å². The first-order chi connectivity index (χ1) is 7.83. The van der Waals surface area contributed by atoms with E-state index in [0.29, 0.717) is 5.88 Å². The van der Waals surface area contributed by atoms with Gasteiger partial charge in [-0.15, -0.1) is 10.2 Å². The normalized spacial score (nSPS) is 10.4. The Labute approximate surface area is 111 Å². The zero-order chi connectivity index (χ0) is 11.6. The molecule has 0 N–H and O–H groups in total. The highest BCUT2D eigenvalue weighted by atomic mass is 127. The summed E-state index contributed by atoms with van der Waals surface area (Å²) in [6.07, 6.45) is 7.67. The fourth-order valence-corrected chi connectivity index (χ4v) is 1.73. The van der Waals surface area contributed by atoms with Crippen LogP contribution in [0.15, 0.2) is 12.1 Å². The third-order valence-electron chi connectivity index (χ3n) is 2.36. The molecule has 0 aliphatic carbocycles. The molecule has 90 valence electrons. The van der Waals surface area contributed by atoms with Gasteiger partial charge in [-0.1, -0.05) is 39.0 Å². The van der Waals surface area contributed by atoms with Crippen molar-refractivity contribution in [1.29, 1.82) is 0 Å². The van der Waals surface area contributed by atoms with E-state index in [9.17, 15) is 0 Å². The second kappa shape index (κ2) is 8.73. The van der Waals surface area contributed by atoms with Gasteiger partial charge in [0.1, 0.15) is 3.70 Å². The number of hydrogen-bond donors (Lipinski definition) is 0. The molecule has 0 aliphatic heterocycles. The van der Waals surface area contributed by atoms with Gasteiger partial charge in [-0.2, -0.15) is 0 Å². The van der Waals surface area contributed by atoms with Crippen LogP contribution in [-0.2, 0) is 0 Å². The summed E-state index contributed by atoms with van der Waals surface area (Å²) in [6.45, 7) is 2.99. The van der Waals surface area contributed by atoms with Crippen LogP contribution in [0.2, 0.25) is 0 Å². The lowest BCUT2D eigenvalue weighted by molar-refractivity contribution is 0.289. The lowest BCUT2D eigenvalue weighted by Gasteiger charge is -2.04. The molecular formula is C12H19IN2O. The fraction of sp³-hybridized carbons (Fsp3) is 0.667. The summed E-state index contributed by atoms with van der Waals surface area (Å²) in [6, 6.07) is 3.77. The van der Waals surface area contributed by atoms with Crippen LogP contribution in [0.5, 0.6) is 5.88 Å². The van der Waals surface area contributed by atoms with E-state index in [4.69, 9.17) is 4.74 Å². The predicted molar refractivity (Wildman–Crippen MR) is 73.6 cm³/mol. The number of ether oxygens (including phenoxy) is 1. The van der Waals surface area contributed by atoms with Gasteiger partial charge in [0.15, 0.2) is 0 Å². The lowest BCUT2D eigenvalue weighted by Crippen LogP contribution is -2.00. The van der Waals surface area contributed by atoms with Crippen molar-refractivity contribution in [3.8, 4) is 5.88 Å². The van der Waals surface area contributed by atoms with E-state index in [0.717, 1.165) is 16.7 Å². The molecule has 0 aromatic carbocycles. The van der Waals surface area contributed by atoms with E-state index in [2.05, 4.69) is 39.7 Å². The quantitative estimate of drug-likeness (QED) is 0.535. The molecule has 0 aliphatic rings. The summed E-state index contributed by atoms with van der Waals surface area (Å²) >= 11 is 2.13. The van der Waals surface area contributed by atoms with Crippen LogP contribution in [0.1, 0.15) is 45.4 Å². The van der Waals surface area contributed by atoms with Crippen LogP contribution >= 0.6 is 22.6 Å². The third kappa shape index (κ3) is 6.25. The molecule has 0 amide bonds. The minimum absolute atomic E-state index is 0.633. The molecule has 1 heterocycles. The van der Waals surface area contributed by atoms with E-state index in [-0.39, 0.29) is 0 Å². The molecule has 0 fully saturated rings. The van der Waals surface area contributed by atoms with E-state index >= 15 is 0 Å². The summed E-state index contributed by atoms with van der Waals surface area (Å²) in [5.74, 6) is 0.633. The van der Waals surface area contributed by atoms with E-state index < -0.39 is 0 Å². The smallest absolute Gasteiger partial charge is 0.233 e. The molecule has 0 spiro atoms.